The summed E-state index contributed by atoms with van der Waals surface area (Å²) in [5, 5.41) is 11.4. The number of fused-ring (bicyclic) bond motifs is 4. The quantitative estimate of drug-likeness (QED) is 0.161. The standard InChI is InChI=1S/C36H32IN5O8/c1-5-7-18-8-6-9-20(32(18)44)30-19-10-13-41-35(47)40(36(48)42(41)25(19)14-21-27(43)15-22(37)33(45)31(21)30)12-11-23-34(46)39(2)26-17-29(50-4)28(49-3)16-24(26)38-23/h5-6,8-10,15-17,25,30,44H,1,7,11-14H2,2-4H3/t25-,30-/m1/s1. The Kier molecular flexibility index (Phi) is 8.36. The normalized spacial score (nSPS) is 18.3. The summed E-state index contributed by atoms with van der Waals surface area (Å²) < 4.78 is 16.2. The number of methoxy groups -OCH3 is 2. The molecule has 0 saturated heterocycles. The fraction of sp³-hybridized carbons (Fsp3) is 0.278. The van der Waals surface area contributed by atoms with Crippen LogP contribution in [0.4, 0.5) is 0 Å². The van der Waals surface area contributed by atoms with E-state index in [1.807, 2.05) is 22.6 Å². The monoisotopic (exact) mass is 789 g/mol. The first-order chi connectivity index (χ1) is 24.0. The lowest BCUT2D eigenvalue weighted by Crippen LogP contribution is -2.40. The molecule has 256 valence electrons. The number of allylic oxidation sites excluding steroid dienone is 7. The van der Waals surface area contributed by atoms with Crippen molar-refractivity contribution in [2.24, 2.45) is 7.05 Å². The third-order valence-electron chi connectivity index (χ3n) is 9.73. The highest BCUT2D eigenvalue weighted by atomic mass is 127. The number of hydrogen-bond donors (Lipinski definition) is 1. The van der Waals surface area contributed by atoms with Crippen LogP contribution >= 0.6 is 22.6 Å². The highest BCUT2D eigenvalue weighted by Gasteiger charge is 2.46. The molecule has 4 aromatic rings. The highest BCUT2D eigenvalue weighted by Crippen LogP contribution is 2.52. The van der Waals surface area contributed by atoms with E-state index in [-0.39, 0.29) is 69.2 Å². The van der Waals surface area contributed by atoms with Crippen LogP contribution in [-0.4, -0.2) is 54.4 Å². The fourth-order valence-corrected chi connectivity index (χ4v) is 7.89. The highest BCUT2D eigenvalue weighted by molar-refractivity contribution is 14.1. The molecule has 1 N–H and O–H groups in total. The zero-order chi connectivity index (χ0) is 35.6. The van der Waals surface area contributed by atoms with Crippen molar-refractivity contribution >= 4 is 45.2 Å². The predicted octanol–water partition coefficient (Wildman–Crippen LogP) is 3.19. The number of ether oxygens (including phenoxy) is 2. The maximum absolute atomic E-state index is 14.1. The van der Waals surface area contributed by atoms with Crippen LogP contribution in [0, 0.1) is 0 Å². The number of nitrogens with zero attached hydrogens (tertiary/aromatic N) is 5. The average Bonchev–Trinajstić information content (AvgIpc) is 3.36. The number of aromatic hydroxyl groups is 1. The van der Waals surface area contributed by atoms with Crippen LogP contribution in [0.1, 0.15) is 35.2 Å². The Labute approximate surface area is 298 Å². The molecule has 0 bridgehead atoms. The number of hydrogen-bond acceptors (Lipinski definition) is 9. The van der Waals surface area contributed by atoms with Gasteiger partial charge in [0.2, 0.25) is 0 Å². The van der Waals surface area contributed by atoms with E-state index in [1.54, 1.807) is 49.5 Å². The second kappa shape index (κ2) is 12.6. The minimum Gasteiger partial charge on any atom is -0.507 e. The molecule has 2 atom stereocenters. The van der Waals surface area contributed by atoms with Crippen molar-refractivity contribution in [3.8, 4) is 17.2 Å². The van der Waals surface area contributed by atoms with Gasteiger partial charge in [-0.15, -0.1) is 6.58 Å². The third-order valence-corrected chi connectivity index (χ3v) is 10.5. The zero-order valence-corrected chi connectivity index (χ0v) is 29.6. The Hall–Kier alpha value is -5.25. The number of aromatic nitrogens is 5. The first kappa shape index (κ1) is 33.3. The third kappa shape index (κ3) is 5.03. The van der Waals surface area contributed by atoms with E-state index in [0.29, 0.717) is 45.7 Å². The molecule has 0 fully saturated rings. The smallest absolute Gasteiger partial charge is 0.347 e. The van der Waals surface area contributed by atoms with Crippen LogP contribution in [-0.2, 0) is 42.6 Å². The minimum atomic E-state index is -0.831. The number of carbonyl (C=O) groups excluding carboxylic acids is 2. The number of ketones is 2. The van der Waals surface area contributed by atoms with Crippen LogP contribution in [0.3, 0.4) is 0 Å². The van der Waals surface area contributed by atoms with E-state index < -0.39 is 23.3 Å². The molecule has 1 aliphatic heterocycles. The van der Waals surface area contributed by atoms with Gasteiger partial charge in [0.15, 0.2) is 23.1 Å². The second-order valence-corrected chi connectivity index (χ2v) is 13.5. The number of halogens is 1. The first-order valence-corrected chi connectivity index (χ1v) is 16.9. The van der Waals surface area contributed by atoms with Gasteiger partial charge < -0.3 is 19.1 Å². The number of phenolic OH excluding ortho intramolecular Hbond substituents is 1. The zero-order valence-electron chi connectivity index (χ0n) is 27.4. The maximum Gasteiger partial charge on any atom is 0.347 e. The van der Waals surface area contributed by atoms with Gasteiger partial charge in [-0.25, -0.2) is 28.5 Å². The number of carbonyl (C=O) groups is 2. The lowest BCUT2D eigenvalue weighted by Gasteiger charge is -2.39. The SMILES string of the molecule is C=CCc1cccc([C@H]2C3=CCn4c(=O)n(CCc5nc6cc(OC)c(OC)cc6n(C)c5=O)c(=O)n4[C@@H]3CC3=C2C(=O)C(I)=CC3=O)c1O. The van der Waals surface area contributed by atoms with Crippen molar-refractivity contribution in [2.75, 3.05) is 14.2 Å². The molecule has 50 heavy (non-hydrogen) atoms. The molecule has 0 amide bonds. The van der Waals surface area contributed by atoms with Crippen LogP contribution in [0.25, 0.3) is 11.0 Å². The van der Waals surface area contributed by atoms with Crippen LogP contribution in [0.5, 0.6) is 17.2 Å². The molecule has 3 aliphatic rings. The fourth-order valence-electron chi connectivity index (χ4n) is 7.32. The Morgan fingerprint density at radius 1 is 1.08 bits per heavy atom. The van der Waals surface area contributed by atoms with Gasteiger partial charge in [-0.1, -0.05) is 30.4 Å². The van der Waals surface area contributed by atoms with Crippen molar-refractivity contribution in [1.82, 2.24) is 23.5 Å². The van der Waals surface area contributed by atoms with Gasteiger partial charge in [-0.2, -0.15) is 0 Å². The van der Waals surface area contributed by atoms with Crippen molar-refractivity contribution in [3.63, 3.8) is 0 Å². The lowest BCUT2D eigenvalue weighted by atomic mass is 9.68. The number of aryl methyl sites for hydroxylation is 2. The van der Waals surface area contributed by atoms with E-state index in [1.165, 1.54) is 34.2 Å². The maximum atomic E-state index is 14.1. The summed E-state index contributed by atoms with van der Waals surface area (Å²) in [6, 6.07) is 7.77. The largest absolute Gasteiger partial charge is 0.507 e. The summed E-state index contributed by atoms with van der Waals surface area (Å²) in [5.41, 5.74) is 1.73. The predicted molar refractivity (Wildman–Crippen MR) is 192 cm³/mol. The molecule has 3 heterocycles. The number of phenols is 1. The molecule has 2 aromatic carbocycles. The van der Waals surface area contributed by atoms with Gasteiger partial charge >= 0.3 is 11.4 Å². The Morgan fingerprint density at radius 3 is 2.54 bits per heavy atom. The van der Waals surface area contributed by atoms with Gasteiger partial charge in [-0.05, 0) is 40.1 Å². The number of para-hydroxylation sites is 1. The van der Waals surface area contributed by atoms with Crippen molar-refractivity contribution in [2.45, 2.75) is 44.3 Å². The molecule has 14 heteroatoms. The van der Waals surface area contributed by atoms with Crippen molar-refractivity contribution in [3.05, 3.63) is 124 Å². The van der Waals surface area contributed by atoms with Gasteiger partial charge in [-0.3, -0.25) is 14.4 Å². The average molecular weight is 790 g/mol. The van der Waals surface area contributed by atoms with Crippen molar-refractivity contribution < 1.29 is 24.2 Å². The molecule has 13 nitrogen and oxygen atoms in total. The number of Topliss-reactive ketones (excluding diaryl/α,β-unsaturated/α-hetero) is 1. The van der Waals surface area contributed by atoms with E-state index >= 15 is 0 Å². The Morgan fingerprint density at radius 2 is 1.82 bits per heavy atom. The molecular weight excluding hydrogens is 757 g/mol. The van der Waals surface area contributed by atoms with E-state index in [9.17, 15) is 29.1 Å². The van der Waals surface area contributed by atoms with Crippen LogP contribution < -0.4 is 26.4 Å². The lowest BCUT2D eigenvalue weighted by molar-refractivity contribution is -0.115. The second-order valence-electron chi connectivity index (χ2n) is 12.3. The van der Waals surface area contributed by atoms with E-state index in [2.05, 4.69) is 11.6 Å². The summed E-state index contributed by atoms with van der Waals surface area (Å²) in [4.78, 5) is 72.9. The summed E-state index contributed by atoms with van der Waals surface area (Å²) in [5.74, 6) is -0.648. The van der Waals surface area contributed by atoms with Crippen LogP contribution in [0.2, 0.25) is 0 Å². The molecule has 7 rings (SSSR count). The molecule has 0 radical (unpaired) electrons. The molecule has 2 aliphatic carbocycles. The molecular formula is C36H32IN5O8. The minimum absolute atomic E-state index is 0.0111. The number of benzene rings is 2. The molecule has 0 saturated carbocycles. The van der Waals surface area contributed by atoms with Crippen molar-refractivity contribution in [1.29, 1.82) is 0 Å². The van der Waals surface area contributed by atoms with Gasteiger partial charge in [0.1, 0.15) is 11.4 Å². The van der Waals surface area contributed by atoms with Crippen LogP contribution in [0.15, 0.2) is 89.8 Å². The van der Waals surface area contributed by atoms with Gasteiger partial charge in [0.25, 0.3) is 5.56 Å². The van der Waals surface area contributed by atoms with E-state index in [0.717, 1.165) is 4.57 Å². The van der Waals surface area contributed by atoms with Gasteiger partial charge in [0.05, 0.1) is 41.4 Å². The Bertz CT molecular complexity index is 2460. The molecule has 0 spiro atoms. The van der Waals surface area contributed by atoms with E-state index in [4.69, 9.17) is 9.47 Å². The summed E-state index contributed by atoms with van der Waals surface area (Å²) in [7, 11) is 4.60. The summed E-state index contributed by atoms with van der Waals surface area (Å²) in [6.45, 7) is 3.66. The Balaban J connectivity index is 1.30. The first-order valence-electron chi connectivity index (χ1n) is 15.8. The summed E-state index contributed by atoms with van der Waals surface area (Å²) in [6.07, 6.45) is 5.12. The molecule has 0 unspecified atom stereocenters. The topological polar surface area (TPSA) is 157 Å². The molecule has 2 aromatic heterocycles. The number of rotatable bonds is 8. The summed E-state index contributed by atoms with van der Waals surface area (Å²) >= 11 is 1.85. The van der Waals surface area contributed by atoms with Gasteiger partial charge in [0, 0.05) is 67.3 Å².